The van der Waals surface area contributed by atoms with E-state index in [2.05, 4.69) is 27.8 Å². The molecule has 0 radical (unpaired) electrons. The van der Waals surface area contributed by atoms with E-state index in [0.717, 1.165) is 30.2 Å². The van der Waals surface area contributed by atoms with Crippen LogP contribution in [0.1, 0.15) is 12.5 Å². The molecule has 1 heterocycles. The van der Waals surface area contributed by atoms with Gasteiger partial charge in [-0.25, -0.2) is 0 Å². The van der Waals surface area contributed by atoms with Crippen LogP contribution in [0.5, 0.6) is 0 Å². The molecule has 0 saturated carbocycles. The van der Waals surface area contributed by atoms with Crippen LogP contribution in [0, 0.1) is 10.1 Å². The van der Waals surface area contributed by atoms with Gasteiger partial charge in [-0.3, -0.25) is 15.0 Å². The topological polar surface area (TPSA) is 46.4 Å². The Morgan fingerprint density at radius 3 is 3.06 bits per heavy atom. The summed E-state index contributed by atoms with van der Waals surface area (Å²) >= 11 is 5.32. The number of benzene rings is 1. The first kappa shape index (κ1) is 13.8. The fourth-order valence-electron chi connectivity index (χ4n) is 2.04. The highest BCUT2D eigenvalue weighted by atomic mass is 79.9. The van der Waals surface area contributed by atoms with Crippen molar-refractivity contribution < 1.29 is 4.92 Å². The average Bonchev–Trinajstić information content (AvgIpc) is 2.34. The molecule has 1 aliphatic rings. The Hall–Kier alpha value is -0.590. The third-order valence-electron chi connectivity index (χ3n) is 3.13. The van der Waals surface area contributed by atoms with Crippen LogP contribution in [0.2, 0.25) is 0 Å². The molecule has 4 nitrogen and oxygen atoms in total. The molecule has 0 aromatic heterocycles. The Morgan fingerprint density at radius 2 is 2.39 bits per heavy atom. The fourth-order valence-corrected chi connectivity index (χ4v) is 3.66. The van der Waals surface area contributed by atoms with Gasteiger partial charge in [0.05, 0.1) is 9.40 Å². The van der Waals surface area contributed by atoms with Crippen LogP contribution in [-0.2, 0) is 6.54 Å². The number of rotatable bonds is 3. The molecule has 0 aliphatic carbocycles. The SMILES string of the molecule is CC1CSCCN1Cc1cccc([N+](=O)[O-])c1Br. The van der Waals surface area contributed by atoms with E-state index in [1.165, 1.54) is 6.07 Å². The van der Waals surface area contributed by atoms with Crippen molar-refractivity contribution in [3.8, 4) is 0 Å². The van der Waals surface area contributed by atoms with E-state index in [9.17, 15) is 10.1 Å². The fraction of sp³-hybridized carbons (Fsp3) is 0.500. The third kappa shape index (κ3) is 3.05. The van der Waals surface area contributed by atoms with E-state index in [1.807, 2.05) is 17.8 Å². The smallest absolute Gasteiger partial charge is 0.283 e. The van der Waals surface area contributed by atoms with Crippen LogP contribution in [0.25, 0.3) is 0 Å². The van der Waals surface area contributed by atoms with Gasteiger partial charge in [-0.2, -0.15) is 11.8 Å². The summed E-state index contributed by atoms with van der Waals surface area (Å²) in [5.41, 5.74) is 1.13. The van der Waals surface area contributed by atoms with Crippen molar-refractivity contribution in [1.82, 2.24) is 4.90 Å². The predicted molar refractivity (Wildman–Crippen MR) is 78.0 cm³/mol. The number of nitro benzene ring substituents is 1. The molecular formula is C12H15BrN2O2S. The molecule has 6 heteroatoms. The van der Waals surface area contributed by atoms with Gasteiger partial charge >= 0.3 is 0 Å². The summed E-state index contributed by atoms with van der Waals surface area (Å²) in [6.45, 7) is 4.02. The zero-order valence-electron chi connectivity index (χ0n) is 10.1. The second-order valence-electron chi connectivity index (χ2n) is 4.40. The maximum absolute atomic E-state index is 10.9. The molecule has 1 fully saturated rings. The van der Waals surface area contributed by atoms with E-state index in [-0.39, 0.29) is 10.6 Å². The number of hydrogen-bond acceptors (Lipinski definition) is 4. The zero-order chi connectivity index (χ0) is 13.1. The highest BCUT2D eigenvalue weighted by molar-refractivity contribution is 9.10. The van der Waals surface area contributed by atoms with Gasteiger partial charge in [0.2, 0.25) is 0 Å². The Kier molecular flexibility index (Phi) is 4.64. The largest absolute Gasteiger partial charge is 0.295 e. The molecule has 1 unspecified atom stereocenters. The predicted octanol–water partition coefficient (Wildman–Crippen LogP) is 3.29. The van der Waals surface area contributed by atoms with Gasteiger partial charge in [-0.1, -0.05) is 12.1 Å². The number of thioether (sulfide) groups is 1. The molecular weight excluding hydrogens is 316 g/mol. The first-order chi connectivity index (χ1) is 8.59. The monoisotopic (exact) mass is 330 g/mol. The van der Waals surface area contributed by atoms with E-state index >= 15 is 0 Å². The summed E-state index contributed by atoms with van der Waals surface area (Å²) in [7, 11) is 0. The number of halogens is 1. The lowest BCUT2D eigenvalue weighted by Gasteiger charge is -2.33. The minimum absolute atomic E-state index is 0.145. The summed E-state index contributed by atoms with van der Waals surface area (Å²) < 4.78 is 0.612. The van der Waals surface area contributed by atoms with Crippen LogP contribution >= 0.6 is 27.7 Å². The molecule has 1 atom stereocenters. The molecule has 1 aromatic carbocycles. The van der Waals surface area contributed by atoms with Crippen molar-refractivity contribution in [2.24, 2.45) is 0 Å². The molecule has 98 valence electrons. The quantitative estimate of drug-likeness (QED) is 0.630. The molecule has 0 bridgehead atoms. The lowest BCUT2D eigenvalue weighted by Crippen LogP contribution is -2.39. The Morgan fingerprint density at radius 1 is 1.61 bits per heavy atom. The molecule has 1 saturated heterocycles. The van der Waals surface area contributed by atoms with Crippen LogP contribution in [0.15, 0.2) is 22.7 Å². The molecule has 0 amide bonds. The number of nitro groups is 1. The lowest BCUT2D eigenvalue weighted by molar-refractivity contribution is -0.385. The standard InChI is InChI=1S/C12H15BrN2O2S/c1-9-8-18-6-5-14(9)7-10-3-2-4-11(12(10)13)15(16)17/h2-4,9H,5-8H2,1H3. The zero-order valence-corrected chi connectivity index (χ0v) is 12.5. The molecule has 0 spiro atoms. The van der Waals surface area contributed by atoms with Gasteiger partial charge in [0.15, 0.2) is 0 Å². The minimum atomic E-state index is -0.344. The summed E-state index contributed by atoms with van der Waals surface area (Å²) in [5.74, 6) is 2.27. The van der Waals surface area contributed by atoms with Crippen molar-refractivity contribution in [3.63, 3.8) is 0 Å². The maximum atomic E-state index is 10.9. The molecule has 2 rings (SSSR count). The van der Waals surface area contributed by atoms with Gasteiger partial charge in [-0.05, 0) is 28.4 Å². The number of nitrogens with zero attached hydrogens (tertiary/aromatic N) is 2. The van der Waals surface area contributed by atoms with E-state index in [0.29, 0.717) is 10.5 Å². The summed E-state index contributed by atoms with van der Waals surface area (Å²) in [6.07, 6.45) is 0. The van der Waals surface area contributed by atoms with Crippen molar-refractivity contribution in [2.45, 2.75) is 19.5 Å². The van der Waals surface area contributed by atoms with Crippen molar-refractivity contribution in [2.75, 3.05) is 18.1 Å². The summed E-state index contributed by atoms with van der Waals surface area (Å²) in [5, 5.41) is 10.9. The summed E-state index contributed by atoms with van der Waals surface area (Å²) in [6, 6.07) is 5.76. The highest BCUT2D eigenvalue weighted by Gasteiger charge is 2.21. The van der Waals surface area contributed by atoms with Crippen LogP contribution < -0.4 is 0 Å². The highest BCUT2D eigenvalue weighted by Crippen LogP contribution is 2.30. The van der Waals surface area contributed by atoms with Gasteiger partial charge in [0, 0.05) is 36.7 Å². The van der Waals surface area contributed by atoms with Crippen LogP contribution in [0.4, 0.5) is 5.69 Å². The first-order valence-corrected chi connectivity index (χ1v) is 7.78. The Labute approximate surface area is 119 Å². The van der Waals surface area contributed by atoms with Crippen molar-refractivity contribution in [1.29, 1.82) is 0 Å². The van der Waals surface area contributed by atoms with Crippen LogP contribution in [-0.4, -0.2) is 33.9 Å². The molecule has 1 aromatic rings. The van der Waals surface area contributed by atoms with Gasteiger partial charge in [0.1, 0.15) is 0 Å². The molecule has 0 N–H and O–H groups in total. The number of hydrogen-bond donors (Lipinski definition) is 0. The Bertz CT molecular complexity index is 456. The van der Waals surface area contributed by atoms with E-state index in [4.69, 9.17) is 0 Å². The minimum Gasteiger partial charge on any atom is -0.295 e. The van der Waals surface area contributed by atoms with E-state index in [1.54, 1.807) is 6.07 Å². The lowest BCUT2D eigenvalue weighted by atomic mass is 10.1. The van der Waals surface area contributed by atoms with E-state index < -0.39 is 0 Å². The van der Waals surface area contributed by atoms with Gasteiger partial charge < -0.3 is 0 Å². The maximum Gasteiger partial charge on any atom is 0.283 e. The Balaban J connectivity index is 2.18. The summed E-state index contributed by atoms with van der Waals surface area (Å²) in [4.78, 5) is 12.9. The molecule has 1 aliphatic heterocycles. The van der Waals surface area contributed by atoms with Gasteiger partial charge in [0.25, 0.3) is 5.69 Å². The van der Waals surface area contributed by atoms with Crippen molar-refractivity contribution >= 4 is 33.4 Å². The average molecular weight is 331 g/mol. The first-order valence-electron chi connectivity index (χ1n) is 5.83. The second-order valence-corrected chi connectivity index (χ2v) is 6.34. The second kappa shape index (κ2) is 6.04. The molecule has 18 heavy (non-hydrogen) atoms. The van der Waals surface area contributed by atoms with Crippen molar-refractivity contribution in [3.05, 3.63) is 38.3 Å². The third-order valence-corrected chi connectivity index (χ3v) is 5.24. The van der Waals surface area contributed by atoms with Crippen LogP contribution in [0.3, 0.4) is 0 Å². The normalized spacial score (nSPS) is 20.9. The van der Waals surface area contributed by atoms with Gasteiger partial charge in [-0.15, -0.1) is 0 Å².